The van der Waals surface area contributed by atoms with E-state index in [-0.39, 0.29) is 56.9 Å². The molecule has 7 amide bonds. The monoisotopic (exact) mass is 839 g/mol. The number of anilines is 1. The molecule has 328 valence electrons. The van der Waals surface area contributed by atoms with E-state index in [2.05, 4.69) is 31.9 Å². The molecule has 1 heterocycles. The van der Waals surface area contributed by atoms with E-state index in [1.807, 2.05) is 18.2 Å². The number of amides is 7. The Labute approximate surface area is 349 Å². The predicted molar refractivity (Wildman–Crippen MR) is 218 cm³/mol. The zero-order valence-electron chi connectivity index (χ0n) is 33.9. The molecule has 0 saturated carbocycles. The van der Waals surface area contributed by atoms with Crippen LogP contribution in [0.4, 0.5) is 5.69 Å². The second-order valence-electron chi connectivity index (χ2n) is 13.2. The maximum Gasteiger partial charge on any atom is 0.253 e. The number of benzene rings is 2. The lowest BCUT2D eigenvalue weighted by Gasteiger charge is -2.20. The Morgan fingerprint density at radius 1 is 0.633 bits per heavy atom. The minimum absolute atomic E-state index is 0.0107. The van der Waals surface area contributed by atoms with Gasteiger partial charge in [-0.05, 0) is 42.7 Å². The zero-order valence-corrected chi connectivity index (χ0v) is 33.9. The van der Waals surface area contributed by atoms with E-state index in [1.165, 1.54) is 17.1 Å². The van der Waals surface area contributed by atoms with Crippen LogP contribution in [0.2, 0.25) is 0 Å². The fourth-order valence-corrected chi connectivity index (χ4v) is 5.47. The van der Waals surface area contributed by atoms with Gasteiger partial charge in [-0.3, -0.25) is 38.5 Å². The van der Waals surface area contributed by atoms with Gasteiger partial charge in [-0.1, -0.05) is 42.5 Å². The number of rotatable bonds is 30. The van der Waals surface area contributed by atoms with E-state index in [0.29, 0.717) is 71.3 Å². The summed E-state index contributed by atoms with van der Waals surface area (Å²) in [6, 6.07) is 15.2. The topological polar surface area (TPSA) is 252 Å². The third-order valence-electron chi connectivity index (χ3n) is 8.55. The second-order valence-corrected chi connectivity index (χ2v) is 13.2. The van der Waals surface area contributed by atoms with Crippen LogP contribution in [-0.2, 0) is 65.4 Å². The van der Waals surface area contributed by atoms with Crippen LogP contribution in [0.25, 0.3) is 0 Å². The molecule has 1 aliphatic rings. The van der Waals surface area contributed by atoms with Crippen molar-refractivity contribution >= 4 is 47.0 Å². The smallest absolute Gasteiger partial charge is 0.253 e. The van der Waals surface area contributed by atoms with Gasteiger partial charge in [0.2, 0.25) is 35.4 Å². The first-order valence-electron chi connectivity index (χ1n) is 19.8. The van der Waals surface area contributed by atoms with Gasteiger partial charge in [0.05, 0.1) is 72.5 Å². The van der Waals surface area contributed by atoms with Crippen molar-refractivity contribution in [3.05, 3.63) is 77.9 Å². The highest BCUT2D eigenvalue weighted by atomic mass is 16.6. The minimum Gasteiger partial charge on any atom is -0.379 e. The Morgan fingerprint density at radius 3 is 1.83 bits per heavy atom. The molecule has 0 bridgehead atoms. The molecule has 0 fully saturated rings. The van der Waals surface area contributed by atoms with Crippen LogP contribution in [0, 0.1) is 0 Å². The fourth-order valence-electron chi connectivity index (χ4n) is 5.47. The Morgan fingerprint density at radius 2 is 1.20 bits per heavy atom. The van der Waals surface area contributed by atoms with Crippen molar-refractivity contribution in [3.63, 3.8) is 0 Å². The lowest BCUT2D eigenvalue weighted by Crippen LogP contribution is -2.52. The number of nitrogens with zero attached hydrogens (tertiary/aromatic N) is 1. The maximum absolute atomic E-state index is 12.7. The average molecular weight is 840 g/mol. The zero-order chi connectivity index (χ0) is 43.4. The quantitative estimate of drug-likeness (QED) is 0.0450. The van der Waals surface area contributed by atoms with Crippen LogP contribution >= 0.6 is 0 Å². The standard InChI is InChI=1S/C41H57N7O12/c1-2-42-36(51)28-46-41(56)33(26-31-6-4-3-5-7-31)47-38(53)29-45-37(52)27-44-35(50)16-18-57-20-22-59-24-25-60-23-21-58-19-17-43-34(49)13-10-30-8-11-32(12-9-30)48-39(54)14-15-40(48)55/h3-9,11-12,14-15,33,39,54H,2,10,13,16-29H2,1H3,(H,42,51)(H,43,49)(H,44,50)(H,45,52)(H,46,56)(H,47,53). The molecule has 0 saturated heterocycles. The highest BCUT2D eigenvalue weighted by Crippen LogP contribution is 2.22. The largest absolute Gasteiger partial charge is 0.379 e. The Bertz CT molecular complexity index is 1690. The summed E-state index contributed by atoms with van der Waals surface area (Å²) in [5, 5.41) is 25.2. The number of hydrogen-bond acceptors (Lipinski definition) is 12. The molecule has 2 atom stereocenters. The molecule has 1 aliphatic heterocycles. The summed E-state index contributed by atoms with van der Waals surface area (Å²) in [5.41, 5.74) is 2.31. The van der Waals surface area contributed by atoms with Gasteiger partial charge in [0.15, 0.2) is 6.23 Å². The molecule has 2 aromatic carbocycles. The normalized spacial score (nSPS) is 13.7. The van der Waals surface area contributed by atoms with Gasteiger partial charge < -0.3 is 56.0 Å². The Hall–Kier alpha value is -5.73. The summed E-state index contributed by atoms with van der Waals surface area (Å²) in [6.07, 6.45) is 2.79. The number of carbonyl (C=O) groups is 7. The van der Waals surface area contributed by atoms with Crippen LogP contribution in [0.15, 0.2) is 66.7 Å². The number of ether oxygens (including phenoxy) is 4. The van der Waals surface area contributed by atoms with E-state index < -0.39 is 42.4 Å². The lowest BCUT2D eigenvalue weighted by atomic mass is 10.1. The van der Waals surface area contributed by atoms with Crippen molar-refractivity contribution in [1.29, 1.82) is 0 Å². The Balaban J connectivity index is 1.10. The second kappa shape index (κ2) is 28.7. The third-order valence-corrected chi connectivity index (χ3v) is 8.55. The fraction of sp³-hybridized carbons (Fsp3) is 0.488. The number of aliphatic hydroxyl groups excluding tert-OH is 1. The van der Waals surface area contributed by atoms with Gasteiger partial charge in [-0.2, -0.15) is 0 Å². The van der Waals surface area contributed by atoms with Crippen LogP contribution < -0.4 is 36.8 Å². The summed E-state index contributed by atoms with van der Waals surface area (Å²) < 4.78 is 21.8. The predicted octanol–water partition coefficient (Wildman–Crippen LogP) is -1.37. The molecule has 60 heavy (non-hydrogen) atoms. The van der Waals surface area contributed by atoms with Gasteiger partial charge >= 0.3 is 0 Å². The first kappa shape index (κ1) is 48.6. The van der Waals surface area contributed by atoms with Gasteiger partial charge in [-0.15, -0.1) is 0 Å². The Kier molecular flexibility index (Phi) is 23.2. The lowest BCUT2D eigenvalue weighted by molar-refractivity contribution is -0.131. The van der Waals surface area contributed by atoms with Gasteiger partial charge in [0.25, 0.3) is 5.91 Å². The summed E-state index contributed by atoms with van der Waals surface area (Å²) in [6.45, 7) is 3.89. The molecule has 2 aromatic rings. The van der Waals surface area contributed by atoms with E-state index in [0.717, 1.165) is 11.1 Å². The van der Waals surface area contributed by atoms with Crippen molar-refractivity contribution in [3.8, 4) is 0 Å². The van der Waals surface area contributed by atoms with Gasteiger partial charge in [0, 0.05) is 44.1 Å². The number of hydrogen-bond donors (Lipinski definition) is 7. The molecular weight excluding hydrogens is 782 g/mol. The van der Waals surface area contributed by atoms with Crippen LogP contribution in [0.3, 0.4) is 0 Å². The van der Waals surface area contributed by atoms with Crippen LogP contribution in [0.5, 0.6) is 0 Å². The van der Waals surface area contributed by atoms with Gasteiger partial charge in [-0.25, -0.2) is 0 Å². The molecule has 3 rings (SSSR count). The molecule has 0 aliphatic carbocycles. The molecule has 19 heteroatoms. The number of carbonyl (C=O) groups excluding carboxylic acids is 7. The summed E-state index contributed by atoms with van der Waals surface area (Å²) in [5.74, 6) is -2.94. The van der Waals surface area contributed by atoms with E-state index in [9.17, 15) is 38.7 Å². The van der Waals surface area contributed by atoms with Crippen molar-refractivity contribution < 1.29 is 57.6 Å². The maximum atomic E-state index is 12.7. The summed E-state index contributed by atoms with van der Waals surface area (Å²) in [4.78, 5) is 86.7. The van der Waals surface area contributed by atoms with E-state index >= 15 is 0 Å². The van der Waals surface area contributed by atoms with Crippen LogP contribution in [0.1, 0.15) is 30.9 Å². The third kappa shape index (κ3) is 20.3. The minimum atomic E-state index is -0.988. The average Bonchev–Trinajstić information content (AvgIpc) is 3.58. The van der Waals surface area contributed by atoms with E-state index in [4.69, 9.17) is 18.9 Å². The molecule has 7 N–H and O–H groups in total. The molecule has 0 radical (unpaired) electrons. The summed E-state index contributed by atoms with van der Waals surface area (Å²) >= 11 is 0. The number of likely N-dealkylation sites (N-methyl/N-ethyl adjacent to an activating group) is 1. The molecule has 0 spiro atoms. The van der Waals surface area contributed by atoms with Crippen molar-refractivity contribution in [1.82, 2.24) is 31.9 Å². The van der Waals surface area contributed by atoms with Gasteiger partial charge in [0.1, 0.15) is 6.04 Å². The van der Waals surface area contributed by atoms with Crippen LogP contribution in [-0.4, -0.2) is 144 Å². The molecular formula is C41H57N7O12. The SMILES string of the molecule is CCNC(=O)CNC(=O)C(Cc1ccccc1)NC(=O)CNC(=O)CNC(=O)CCOCCOCCOCCOCCNC(=O)CCc1ccc(N2C(=O)C=CC2O)cc1. The highest BCUT2D eigenvalue weighted by Gasteiger charge is 2.25. The molecule has 19 nitrogen and oxygen atoms in total. The molecule has 2 unspecified atom stereocenters. The summed E-state index contributed by atoms with van der Waals surface area (Å²) in [7, 11) is 0. The number of aliphatic hydroxyl groups is 1. The van der Waals surface area contributed by atoms with Crippen molar-refractivity contribution in [2.45, 2.75) is 44.9 Å². The van der Waals surface area contributed by atoms with Crippen molar-refractivity contribution in [2.24, 2.45) is 0 Å². The van der Waals surface area contributed by atoms with Crippen molar-refractivity contribution in [2.75, 3.05) is 90.5 Å². The number of aryl methyl sites for hydroxylation is 1. The number of nitrogens with one attached hydrogen (secondary N) is 6. The first-order chi connectivity index (χ1) is 29.0. The molecule has 0 aromatic heterocycles. The highest BCUT2D eigenvalue weighted by molar-refractivity contribution is 6.04. The first-order valence-corrected chi connectivity index (χ1v) is 19.8. The van der Waals surface area contributed by atoms with E-state index in [1.54, 1.807) is 43.3 Å².